The highest BCUT2D eigenvalue weighted by molar-refractivity contribution is 6.19. The number of fused-ring (bicyclic) bond motifs is 3. The number of ketones is 1. The van der Waals surface area contributed by atoms with Crippen LogP contribution in [0.2, 0.25) is 0 Å². The molecule has 1 amide bonds. The Bertz CT molecular complexity index is 802. The van der Waals surface area contributed by atoms with Gasteiger partial charge in [0.05, 0.1) is 0 Å². The van der Waals surface area contributed by atoms with E-state index in [1.807, 2.05) is 24.3 Å². The third-order valence-electron chi connectivity index (χ3n) is 5.37. The third-order valence-corrected chi connectivity index (χ3v) is 5.37. The van der Waals surface area contributed by atoms with E-state index in [0.29, 0.717) is 17.6 Å². The molecule has 1 aromatic rings. The topological polar surface area (TPSA) is 57.6 Å². The van der Waals surface area contributed by atoms with Gasteiger partial charge in [0.15, 0.2) is 5.76 Å². The number of aliphatic hydroxyl groups excluding tert-OH is 1. The zero-order chi connectivity index (χ0) is 15.6. The molecule has 1 aromatic carbocycles. The highest BCUT2D eigenvalue weighted by Gasteiger charge is 2.58. The lowest BCUT2D eigenvalue weighted by molar-refractivity contribution is -0.121. The highest BCUT2D eigenvalue weighted by Crippen LogP contribution is 2.56. The van der Waals surface area contributed by atoms with E-state index in [2.05, 4.69) is 0 Å². The maximum absolute atomic E-state index is 13.2. The van der Waals surface area contributed by atoms with Crippen LogP contribution in [0.15, 0.2) is 46.7 Å². The minimum absolute atomic E-state index is 0.0698. The molecule has 0 saturated carbocycles. The summed E-state index contributed by atoms with van der Waals surface area (Å²) in [6.07, 6.45) is 2.24. The fourth-order valence-electron chi connectivity index (χ4n) is 4.34. The Labute approximate surface area is 128 Å². The van der Waals surface area contributed by atoms with Crippen molar-refractivity contribution < 1.29 is 14.7 Å². The highest BCUT2D eigenvalue weighted by atomic mass is 16.3. The number of anilines is 1. The van der Waals surface area contributed by atoms with Gasteiger partial charge in [-0.1, -0.05) is 18.2 Å². The van der Waals surface area contributed by atoms with Crippen molar-refractivity contribution in [3.8, 4) is 0 Å². The third kappa shape index (κ3) is 1.24. The predicted molar refractivity (Wildman–Crippen MR) is 82.7 cm³/mol. The van der Waals surface area contributed by atoms with Crippen molar-refractivity contribution in [2.24, 2.45) is 0 Å². The quantitative estimate of drug-likeness (QED) is 0.800. The van der Waals surface area contributed by atoms with Gasteiger partial charge >= 0.3 is 0 Å². The van der Waals surface area contributed by atoms with Crippen LogP contribution in [0, 0.1) is 0 Å². The smallest absolute Gasteiger partial charge is 0.245 e. The van der Waals surface area contributed by atoms with Crippen molar-refractivity contribution in [3.05, 3.63) is 52.3 Å². The lowest BCUT2D eigenvalue weighted by Crippen LogP contribution is -2.44. The van der Waals surface area contributed by atoms with Crippen LogP contribution in [-0.2, 0) is 15.0 Å². The molecule has 1 heterocycles. The van der Waals surface area contributed by atoms with E-state index in [4.69, 9.17) is 0 Å². The van der Waals surface area contributed by atoms with E-state index in [0.717, 1.165) is 29.7 Å². The van der Waals surface area contributed by atoms with Crippen molar-refractivity contribution in [1.82, 2.24) is 0 Å². The summed E-state index contributed by atoms with van der Waals surface area (Å²) in [5.74, 6) is -0.616. The lowest BCUT2D eigenvalue weighted by Gasteiger charge is -2.35. The van der Waals surface area contributed by atoms with Crippen LogP contribution in [0.25, 0.3) is 0 Å². The Balaban J connectivity index is 2.12. The fourth-order valence-corrected chi connectivity index (χ4v) is 4.34. The van der Waals surface area contributed by atoms with Gasteiger partial charge in [-0.2, -0.15) is 0 Å². The van der Waals surface area contributed by atoms with Crippen molar-refractivity contribution in [1.29, 1.82) is 0 Å². The minimum Gasteiger partial charge on any atom is -0.504 e. The van der Waals surface area contributed by atoms with E-state index < -0.39 is 5.41 Å². The molecule has 4 nitrogen and oxygen atoms in total. The molecule has 4 heteroatoms. The largest absolute Gasteiger partial charge is 0.504 e. The molecule has 0 saturated heterocycles. The number of hydrogen-bond donors (Lipinski definition) is 1. The molecule has 0 unspecified atom stereocenters. The molecule has 1 spiro atoms. The molecule has 0 radical (unpaired) electrons. The number of amides is 1. The number of rotatable bonds is 0. The van der Waals surface area contributed by atoms with E-state index in [9.17, 15) is 14.7 Å². The van der Waals surface area contributed by atoms with Gasteiger partial charge in [0.2, 0.25) is 11.7 Å². The van der Waals surface area contributed by atoms with Gasteiger partial charge in [-0.25, -0.2) is 0 Å². The van der Waals surface area contributed by atoms with Crippen LogP contribution in [0.4, 0.5) is 5.69 Å². The number of carbonyl (C=O) groups excluding carboxylic acids is 2. The monoisotopic (exact) mass is 295 g/mol. The van der Waals surface area contributed by atoms with Gasteiger partial charge in [-0.3, -0.25) is 9.59 Å². The van der Waals surface area contributed by atoms with Crippen LogP contribution in [0.3, 0.4) is 0 Å². The first kappa shape index (κ1) is 13.3. The Morgan fingerprint density at radius 3 is 2.68 bits per heavy atom. The maximum atomic E-state index is 13.2. The molecule has 1 N–H and O–H groups in total. The standard InChI is InChI=1S/C18H17NO3/c1-10-15(20)16(21)11-6-5-8-12(11)18(10)13-7-3-4-9-14(13)19(2)17(18)22/h3-4,7,9,20H,5-6,8H2,1-2H3/t18-/m1/s1. The molecule has 0 fully saturated rings. The van der Waals surface area contributed by atoms with Crippen molar-refractivity contribution in [3.63, 3.8) is 0 Å². The molecule has 112 valence electrons. The molecule has 4 rings (SSSR count). The van der Waals surface area contributed by atoms with Crippen molar-refractivity contribution >= 4 is 17.4 Å². The number of Topliss-reactive ketones (excluding diaryl/α,β-unsaturated/α-hetero) is 1. The molecule has 1 aliphatic heterocycles. The van der Waals surface area contributed by atoms with Crippen molar-refractivity contribution in [2.45, 2.75) is 31.6 Å². The zero-order valence-electron chi connectivity index (χ0n) is 12.6. The number of benzene rings is 1. The molecular formula is C18H17NO3. The summed E-state index contributed by atoms with van der Waals surface area (Å²) in [7, 11) is 1.76. The zero-order valence-corrected chi connectivity index (χ0v) is 12.6. The number of nitrogens with zero attached hydrogens (tertiary/aromatic N) is 1. The number of para-hydroxylation sites is 1. The van der Waals surface area contributed by atoms with E-state index in [-0.39, 0.29) is 17.4 Å². The maximum Gasteiger partial charge on any atom is 0.245 e. The van der Waals surface area contributed by atoms with E-state index in [1.165, 1.54) is 0 Å². The second kappa shape index (κ2) is 4.09. The molecule has 0 aromatic heterocycles. The van der Waals surface area contributed by atoms with Crippen LogP contribution in [0.1, 0.15) is 31.7 Å². The first-order valence-corrected chi connectivity index (χ1v) is 7.56. The second-order valence-corrected chi connectivity index (χ2v) is 6.24. The van der Waals surface area contributed by atoms with Crippen LogP contribution in [-0.4, -0.2) is 23.8 Å². The summed E-state index contributed by atoms with van der Waals surface area (Å²) in [4.78, 5) is 27.2. The Hall–Kier alpha value is -2.36. The number of carbonyl (C=O) groups is 2. The first-order chi connectivity index (χ1) is 10.5. The molecule has 0 bridgehead atoms. The second-order valence-electron chi connectivity index (χ2n) is 6.24. The molecule has 2 aliphatic carbocycles. The molecule has 22 heavy (non-hydrogen) atoms. The van der Waals surface area contributed by atoms with Gasteiger partial charge < -0.3 is 10.0 Å². The Morgan fingerprint density at radius 1 is 1.18 bits per heavy atom. The van der Waals surface area contributed by atoms with Gasteiger partial charge in [0, 0.05) is 18.3 Å². The molecular weight excluding hydrogens is 278 g/mol. The van der Waals surface area contributed by atoms with E-state index >= 15 is 0 Å². The fraction of sp³-hybridized carbons (Fsp3) is 0.333. The van der Waals surface area contributed by atoms with E-state index in [1.54, 1.807) is 18.9 Å². The SMILES string of the molecule is CC1=C(O)C(=O)C2=C(CCC2)[C@]12C(=O)N(C)c1ccccc12. The van der Waals surface area contributed by atoms with Gasteiger partial charge in [-0.05, 0) is 49.0 Å². The van der Waals surface area contributed by atoms with Crippen LogP contribution in [0.5, 0.6) is 0 Å². The van der Waals surface area contributed by atoms with Crippen LogP contribution < -0.4 is 4.90 Å². The summed E-state index contributed by atoms with van der Waals surface area (Å²) in [5, 5.41) is 10.4. The summed E-state index contributed by atoms with van der Waals surface area (Å²) >= 11 is 0. The molecule has 1 atom stereocenters. The Morgan fingerprint density at radius 2 is 1.91 bits per heavy atom. The average Bonchev–Trinajstić information content (AvgIpc) is 3.09. The molecule has 3 aliphatic rings. The normalized spacial score (nSPS) is 27.1. The van der Waals surface area contributed by atoms with Gasteiger partial charge in [0.25, 0.3) is 0 Å². The number of hydrogen-bond acceptors (Lipinski definition) is 3. The minimum atomic E-state index is -0.977. The predicted octanol–water partition coefficient (Wildman–Crippen LogP) is 2.80. The number of allylic oxidation sites excluding steroid dienone is 1. The average molecular weight is 295 g/mol. The summed E-state index contributed by atoms with van der Waals surface area (Å²) in [6.45, 7) is 1.71. The first-order valence-electron chi connectivity index (χ1n) is 7.56. The summed E-state index contributed by atoms with van der Waals surface area (Å²) in [6, 6.07) is 7.66. The van der Waals surface area contributed by atoms with Crippen molar-refractivity contribution in [2.75, 3.05) is 11.9 Å². The summed E-state index contributed by atoms with van der Waals surface area (Å²) < 4.78 is 0. The summed E-state index contributed by atoms with van der Waals surface area (Å²) in [5.41, 5.74) is 2.77. The van der Waals surface area contributed by atoms with Gasteiger partial charge in [-0.15, -0.1) is 0 Å². The van der Waals surface area contributed by atoms with Crippen LogP contribution >= 0.6 is 0 Å². The lowest BCUT2D eigenvalue weighted by atomic mass is 9.65. The number of likely N-dealkylation sites (N-methyl/N-ethyl adjacent to an activating group) is 1. The Kier molecular flexibility index (Phi) is 2.48. The van der Waals surface area contributed by atoms with Gasteiger partial charge in [0.1, 0.15) is 5.41 Å². The number of aliphatic hydroxyl groups is 1.